The van der Waals surface area contributed by atoms with Crippen molar-refractivity contribution >= 4 is 41.0 Å². The quantitative estimate of drug-likeness (QED) is 0.637. The second-order valence-electron chi connectivity index (χ2n) is 7.05. The molecule has 28 heavy (non-hydrogen) atoms. The molecule has 2 aromatic rings. The van der Waals surface area contributed by atoms with E-state index < -0.39 is 0 Å². The van der Waals surface area contributed by atoms with Crippen LogP contribution in [-0.4, -0.2) is 53.2 Å². The lowest BCUT2D eigenvalue weighted by Crippen LogP contribution is -2.39. The Hall–Kier alpha value is -1.57. The van der Waals surface area contributed by atoms with Crippen LogP contribution in [0.4, 0.5) is 0 Å². The molecule has 1 aliphatic rings. The average Bonchev–Trinajstić information content (AvgIpc) is 2.70. The Balaban J connectivity index is 0.00000280. The number of carbonyl (C=O) groups is 1. The topological polar surface area (TPSA) is 78.1 Å². The molecule has 0 radical (unpaired) electrons. The van der Waals surface area contributed by atoms with E-state index in [0.29, 0.717) is 28.9 Å². The summed E-state index contributed by atoms with van der Waals surface area (Å²) in [4.78, 5) is 33.8. The van der Waals surface area contributed by atoms with Gasteiger partial charge in [-0.2, -0.15) is 11.8 Å². The Kier molecular flexibility index (Phi) is 9.28. The van der Waals surface area contributed by atoms with E-state index in [-0.39, 0.29) is 23.9 Å². The highest BCUT2D eigenvalue weighted by Crippen LogP contribution is 2.21. The van der Waals surface area contributed by atoms with Gasteiger partial charge in [-0.25, -0.2) is 4.98 Å². The highest BCUT2D eigenvalue weighted by molar-refractivity contribution is 7.98. The Labute approximate surface area is 176 Å². The van der Waals surface area contributed by atoms with E-state index in [0.717, 1.165) is 44.1 Å². The summed E-state index contributed by atoms with van der Waals surface area (Å²) in [7, 11) is 1.99. The van der Waals surface area contributed by atoms with Crippen molar-refractivity contribution in [1.29, 1.82) is 0 Å². The van der Waals surface area contributed by atoms with Gasteiger partial charge in [-0.1, -0.05) is 12.1 Å². The van der Waals surface area contributed by atoms with Crippen molar-refractivity contribution in [3.8, 4) is 0 Å². The summed E-state index contributed by atoms with van der Waals surface area (Å²) >= 11 is 1.64. The molecular weight excluding hydrogens is 396 g/mol. The lowest BCUT2D eigenvalue weighted by molar-refractivity contribution is -0.132. The fraction of sp³-hybridized carbons (Fsp3) is 0.550. The van der Waals surface area contributed by atoms with Gasteiger partial charge >= 0.3 is 0 Å². The Morgan fingerprint density at radius 3 is 2.82 bits per heavy atom. The zero-order valence-electron chi connectivity index (χ0n) is 16.3. The van der Waals surface area contributed by atoms with Crippen molar-refractivity contribution < 1.29 is 4.79 Å². The number of amides is 1. The predicted octanol–water partition coefficient (Wildman–Crippen LogP) is 2.82. The van der Waals surface area contributed by atoms with Crippen molar-refractivity contribution in [2.45, 2.75) is 31.4 Å². The summed E-state index contributed by atoms with van der Waals surface area (Å²) in [5.41, 5.74) is 0.613. The maximum atomic E-state index is 12.4. The second-order valence-corrected chi connectivity index (χ2v) is 8.15. The third-order valence-electron chi connectivity index (χ3n) is 5.13. The molecular formula is C20H29ClN4O2S. The van der Waals surface area contributed by atoms with Gasteiger partial charge in [-0.05, 0) is 50.9 Å². The average molecular weight is 425 g/mol. The Morgan fingerprint density at radius 2 is 2.07 bits per heavy atom. The number of benzene rings is 1. The van der Waals surface area contributed by atoms with Gasteiger partial charge in [0.15, 0.2) is 0 Å². The summed E-state index contributed by atoms with van der Waals surface area (Å²) in [6, 6.07) is 7.34. The zero-order chi connectivity index (χ0) is 19.1. The summed E-state index contributed by atoms with van der Waals surface area (Å²) in [5.74, 6) is 3.01. The molecule has 154 valence electrons. The number of para-hydroxylation sites is 1. The van der Waals surface area contributed by atoms with Crippen LogP contribution in [0.1, 0.15) is 31.5 Å². The number of rotatable bonds is 8. The van der Waals surface area contributed by atoms with Crippen LogP contribution in [0.15, 0.2) is 29.1 Å². The van der Waals surface area contributed by atoms with Gasteiger partial charge in [0.25, 0.3) is 5.56 Å². The molecule has 1 aliphatic heterocycles. The van der Waals surface area contributed by atoms with Gasteiger partial charge in [0.2, 0.25) is 5.91 Å². The van der Waals surface area contributed by atoms with Crippen LogP contribution in [0.2, 0.25) is 0 Å². The number of thioether (sulfide) groups is 1. The summed E-state index contributed by atoms with van der Waals surface area (Å²) in [5, 5.41) is 3.81. The number of nitrogens with zero attached hydrogens (tertiary/aromatic N) is 2. The fourth-order valence-electron chi connectivity index (χ4n) is 3.51. The van der Waals surface area contributed by atoms with Crippen LogP contribution in [0, 0.1) is 5.92 Å². The molecule has 1 amide bonds. The maximum absolute atomic E-state index is 12.4. The molecule has 1 aromatic carbocycles. The molecule has 0 atom stereocenters. The van der Waals surface area contributed by atoms with Crippen molar-refractivity contribution in [3.63, 3.8) is 0 Å². The molecule has 1 fully saturated rings. The smallest absolute Gasteiger partial charge is 0.258 e. The monoisotopic (exact) mass is 424 g/mol. The molecule has 0 spiro atoms. The van der Waals surface area contributed by atoms with Crippen LogP contribution < -0.4 is 10.9 Å². The molecule has 2 N–H and O–H groups in total. The number of carbonyl (C=O) groups excluding carboxylic acids is 1. The lowest BCUT2D eigenvalue weighted by atomic mass is 9.93. The standard InChI is InChI=1S/C20H28N4O2S.ClH/c1-21-10-6-15-7-11-24(12-8-15)19(25)9-13-27-14-18-22-17-5-3-2-4-16(17)20(26)23-18;/h2-5,15,21H,6-14H2,1H3,(H,22,23,26);1H. The number of aromatic nitrogens is 2. The first kappa shape index (κ1) is 22.7. The molecule has 0 saturated carbocycles. The van der Waals surface area contributed by atoms with E-state index in [2.05, 4.69) is 15.3 Å². The maximum Gasteiger partial charge on any atom is 0.258 e. The number of fused-ring (bicyclic) bond motifs is 1. The van der Waals surface area contributed by atoms with E-state index in [9.17, 15) is 9.59 Å². The van der Waals surface area contributed by atoms with Gasteiger partial charge < -0.3 is 15.2 Å². The van der Waals surface area contributed by atoms with E-state index in [1.807, 2.05) is 30.1 Å². The number of nitrogens with one attached hydrogen (secondary N) is 2. The van der Waals surface area contributed by atoms with Crippen molar-refractivity contribution in [2.75, 3.05) is 32.4 Å². The SMILES string of the molecule is CNCCC1CCN(C(=O)CCSCc2nc3ccccc3c(=O)[nH]2)CC1.Cl. The number of hydrogen-bond donors (Lipinski definition) is 2. The van der Waals surface area contributed by atoms with Crippen molar-refractivity contribution in [2.24, 2.45) is 5.92 Å². The Bertz CT molecular complexity index is 821. The summed E-state index contributed by atoms with van der Waals surface area (Å²) < 4.78 is 0. The van der Waals surface area contributed by atoms with Crippen molar-refractivity contribution in [3.05, 3.63) is 40.4 Å². The minimum absolute atomic E-state index is 0. The molecule has 0 bridgehead atoms. The van der Waals surface area contributed by atoms with E-state index in [4.69, 9.17) is 0 Å². The van der Waals surface area contributed by atoms with Crippen LogP contribution in [0.25, 0.3) is 10.9 Å². The zero-order valence-corrected chi connectivity index (χ0v) is 17.9. The highest BCUT2D eigenvalue weighted by Gasteiger charge is 2.22. The minimum atomic E-state index is -0.103. The summed E-state index contributed by atoms with van der Waals surface area (Å²) in [6.07, 6.45) is 3.97. The first-order valence-corrected chi connectivity index (χ1v) is 10.8. The third kappa shape index (κ3) is 6.22. The fourth-order valence-corrected chi connectivity index (χ4v) is 4.30. The van der Waals surface area contributed by atoms with Gasteiger partial charge in [-0.15, -0.1) is 12.4 Å². The minimum Gasteiger partial charge on any atom is -0.343 e. The first-order valence-electron chi connectivity index (χ1n) is 9.65. The van der Waals surface area contributed by atoms with Gasteiger partial charge in [0.05, 0.1) is 16.7 Å². The van der Waals surface area contributed by atoms with Crippen LogP contribution in [-0.2, 0) is 10.5 Å². The molecule has 0 unspecified atom stereocenters. The first-order chi connectivity index (χ1) is 13.2. The van der Waals surface area contributed by atoms with Gasteiger partial charge in [0.1, 0.15) is 5.82 Å². The number of aromatic amines is 1. The Morgan fingerprint density at radius 1 is 1.32 bits per heavy atom. The molecule has 6 nitrogen and oxygen atoms in total. The van der Waals surface area contributed by atoms with E-state index in [1.54, 1.807) is 17.8 Å². The molecule has 8 heteroatoms. The lowest BCUT2D eigenvalue weighted by Gasteiger charge is -2.32. The van der Waals surface area contributed by atoms with Crippen LogP contribution in [0.3, 0.4) is 0 Å². The number of halogens is 1. The molecule has 2 heterocycles. The van der Waals surface area contributed by atoms with Gasteiger partial charge in [-0.3, -0.25) is 9.59 Å². The van der Waals surface area contributed by atoms with Gasteiger partial charge in [0, 0.05) is 25.3 Å². The van der Waals surface area contributed by atoms with E-state index in [1.165, 1.54) is 6.42 Å². The van der Waals surface area contributed by atoms with E-state index >= 15 is 0 Å². The summed E-state index contributed by atoms with van der Waals surface area (Å²) in [6.45, 7) is 2.83. The number of hydrogen-bond acceptors (Lipinski definition) is 5. The number of piperidine rings is 1. The normalized spacial score (nSPS) is 14.8. The van der Waals surface area contributed by atoms with Crippen LogP contribution >= 0.6 is 24.2 Å². The van der Waals surface area contributed by atoms with Crippen molar-refractivity contribution in [1.82, 2.24) is 20.2 Å². The molecule has 1 aromatic heterocycles. The molecule has 1 saturated heterocycles. The molecule has 3 rings (SSSR count). The largest absolute Gasteiger partial charge is 0.343 e. The predicted molar refractivity (Wildman–Crippen MR) is 118 cm³/mol. The van der Waals surface area contributed by atoms with Crippen LogP contribution in [0.5, 0.6) is 0 Å². The highest BCUT2D eigenvalue weighted by atomic mass is 35.5. The number of H-pyrrole nitrogens is 1. The number of likely N-dealkylation sites (tertiary alicyclic amines) is 1. The third-order valence-corrected chi connectivity index (χ3v) is 6.10. The second kappa shape index (κ2) is 11.4. The molecule has 0 aliphatic carbocycles.